The van der Waals surface area contributed by atoms with Gasteiger partial charge in [0, 0.05) is 6.54 Å². The molecule has 17 heavy (non-hydrogen) atoms. The lowest BCUT2D eigenvalue weighted by atomic mass is 9.94. The van der Waals surface area contributed by atoms with E-state index in [4.69, 9.17) is 10.1 Å². The monoisotopic (exact) mass is 296 g/mol. The fraction of sp³-hybridized carbons (Fsp3) is 0.462. The molecule has 0 amide bonds. The predicted octanol–water partition coefficient (Wildman–Crippen LogP) is 3.13. The van der Waals surface area contributed by atoms with Gasteiger partial charge in [0.05, 0.1) is 6.04 Å². The van der Waals surface area contributed by atoms with Crippen LogP contribution in [-0.2, 0) is 4.74 Å². The molecule has 3 nitrogen and oxygen atoms in total. The van der Waals surface area contributed by atoms with E-state index in [1.807, 2.05) is 18.2 Å². The van der Waals surface area contributed by atoms with Crippen molar-refractivity contribution >= 4 is 23.0 Å². The van der Waals surface area contributed by atoms with Crippen molar-refractivity contribution < 1.29 is 4.74 Å². The zero-order chi connectivity index (χ0) is 11.0. The van der Waals surface area contributed by atoms with Gasteiger partial charge in [0.15, 0.2) is 0 Å². The number of nitrogens with zero attached hydrogens (tertiary/aromatic N) is 1. The molecule has 0 aliphatic carbocycles. The number of rotatable bonds is 1. The van der Waals surface area contributed by atoms with Crippen molar-refractivity contribution in [3.63, 3.8) is 0 Å². The van der Waals surface area contributed by atoms with Crippen LogP contribution in [0.15, 0.2) is 30.3 Å². The third kappa shape index (κ3) is 2.18. The maximum absolute atomic E-state index is 7.86. The molecule has 1 aromatic carbocycles. The number of ether oxygens (including phenoxy) is 1. The summed E-state index contributed by atoms with van der Waals surface area (Å²) >= 11 is 0. The molecule has 1 aromatic rings. The quantitative estimate of drug-likeness (QED) is 0.864. The maximum Gasteiger partial charge on any atom is 0.285 e. The number of benzene rings is 1. The molecule has 2 heterocycles. The van der Waals surface area contributed by atoms with Crippen LogP contribution >= 0.6 is 17.0 Å². The number of halogens is 1. The molecule has 1 N–H and O–H groups in total. The van der Waals surface area contributed by atoms with Crippen LogP contribution in [-0.4, -0.2) is 23.5 Å². The highest BCUT2D eigenvalue weighted by molar-refractivity contribution is 8.93. The summed E-state index contributed by atoms with van der Waals surface area (Å²) < 4.78 is 5.70. The van der Waals surface area contributed by atoms with Crippen molar-refractivity contribution in [3.8, 4) is 0 Å². The smallest absolute Gasteiger partial charge is 0.285 e. The van der Waals surface area contributed by atoms with Crippen molar-refractivity contribution in [1.82, 2.24) is 4.90 Å². The second-order valence-corrected chi connectivity index (χ2v) is 4.51. The van der Waals surface area contributed by atoms with Gasteiger partial charge in [0.2, 0.25) is 0 Å². The first kappa shape index (κ1) is 12.4. The zero-order valence-corrected chi connectivity index (χ0v) is 11.3. The molecule has 2 aliphatic heterocycles. The Morgan fingerprint density at radius 3 is 2.71 bits per heavy atom. The Bertz CT molecular complexity index is 396. The highest BCUT2D eigenvalue weighted by atomic mass is 79.9. The van der Waals surface area contributed by atoms with Gasteiger partial charge in [-0.25, -0.2) is 0 Å². The van der Waals surface area contributed by atoms with Crippen LogP contribution in [0.3, 0.4) is 0 Å². The zero-order valence-electron chi connectivity index (χ0n) is 9.63. The van der Waals surface area contributed by atoms with Crippen molar-refractivity contribution in [2.24, 2.45) is 0 Å². The summed E-state index contributed by atoms with van der Waals surface area (Å²) in [6.07, 6.45) is 3.64. The Kier molecular flexibility index (Phi) is 3.72. The standard InChI is InChI=1S/C13H16N2O.BrH/c14-13-15-9-5-4-8-11(15)12(16-13)10-6-2-1-3-7-10;/h1-3,6-7,11-12,14H,4-5,8-9H2;1H/t11-,12-;/m1./s1. The molecule has 2 saturated heterocycles. The van der Waals surface area contributed by atoms with Crippen molar-refractivity contribution in [3.05, 3.63) is 35.9 Å². The maximum atomic E-state index is 7.86. The lowest BCUT2D eigenvalue weighted by Gasteiger charge is -2.29. The molecule has 92 valence electrons. The first-order valence-corrected chi connectivity index (χ1v) is 5.93. The molecule has 0 bridgehead atoms. The molecule has 2 atom stereocenters. The molecule has 2 aliphatic rings. The van der Waals surface area contributed by atoms with Crippen molar-refractivity contribution in [2.75, 3.05) is 6.54 Å². The van der Waals surface area contributed by atoms with E-state index in [1.165, 1.54) is 18.4 Å². The van der Waals surface area contributed by atoms with Crippen molar-refractivity contribution in [1.29, 1.82) is 5.41 Å². The largest absolute Gasteiger partial charge is 0.455 e. The third-order valence-corrected chi connectivity index (χ3v) is 3.53. The number of piperidine rings is 1. The van der Waals surface area contributed by atoms with Crippen LogP contribution in [0.1, 0.15) is 30.9 Å². The first-order chi connectivity index (χ1) is 7.86. The molecule has 0 unspecified atom stereocenters. The topological polar surface area (TPSA) is 36.3 Å². The Morgan fingerprint density at radius 2 is 1.94 bits per heavy atom. The van der Waals surface area contributed by atoms with Gasteiger partial charge in [-0.3, -0.25) is 5.41 Å². The highest BCUT2D eigenvalue weighted by Crippen LogP contribution is 2.37. The molecule has 0 saturated carbocycles. The highest BCUT2D eigenvalue weighted by Gasteiger charge is 2.41. The van der Waals surface area contributed by atoms with Crippen LogP contribution in [0.25, 0.3) is 0 Å². The molecule has 3 rings (SSSR count). The number of amidine groups is 1. The molecule has 4 heteroatoms. The van der Waals surface area contributed by atoms with E-state index in [-0.39, 0.29) is 23.1 Å². The normalized spacial score (nSPS) is 27.1. The van der Waals surface area contributed by atoms with E-state index in [0.29, 0.717) is 12.1 Å². The van der Waals surface area contributed by atoms with E-state index in [1.54, 1.807) is 0 Å². The molecule has 2 fully saturated rings. The number of hydrogen-bond donors (Lipinski definition) is 1. The Balaban J connectivity index is 0.00000108. The fourth-order valence-corrected chi connectivity index (χ4v) is 2.72. The summed E-state index contributed by atoms with van der Waals surface area (Å²) in [5.41, 5.74) is 1.20. The summed E-state index contributed by atoms with van der Waals surface area (Å²) in [7, 11) is 0. The lowest BCUT2D eigenvalue weighted by molar-refractivity contribution is 0.167. The fourth-order valence-electron chi connectivity index (χ4n) is 2.72. The molecule has 0 aromatic heterocycles. The minimum atomic E-state index is 0. The molecule has 0 radical (unpaired) electrons. The summed E-state index contributed by atoms with van der Waals surface area (Å²) in [5, 5.41) is 7.86. The van der Waals surface area contributed by atoms with Gasteiger partial charge in [-0.2, -0.15) is 0 Å². The summed E-state index contributed by atoms with van der Waals surface area (Å²) in [5.74, 6) is 0. The van der Waals surface area contributed by atoms with Crippen LogP contribution < -0.4 is 0 Å². The number of nitrogens with one attached hydrogen (secondary N) is 1. The van der Waals surface area contributed by atoms with Gasteiger partial charge in [0.1, 0.15) is 6.10 Å². The van der Waals surface area contributed by atoms with E-state index in [9.17, 15) is 0 Å². The Labute approximate surface area is 112 Å². The predicted molar refractivity (Wildman–Crippen MR) is 72.7 cm³/mol. The lowest BCUT2D eigenvalue weighted by Crippen LogP contribution is -2.38. The average Bonchev–Trinajstić information content (AvgIpc) is 2.69. The second kappa shape index (κ2) is 5.08. The molecule has 0 spiro atoms. The SMILES string of the molecule is Br.N=C1O[C@H](c2ccccc2)[C@H]2CCCCN12. The van der Waals surface area contributed by atoms with Gasteiger partial charge < -0.3 is 9.64 Å². The van der Waals surface area contributed by atoms with Crippen LogP contribution in [0.2, 0.25) is 0 Å². The van der Waals surface area contributed by atoms with Crippen LogP contribution in [0.4, 0.5) is 0 Å². The first-order valence-electron chi connectivity index (χ1n) is 5.93. The van der Waals surface area contributed by atoms with Crippen LogP contribution in [0, 0.1) is 5.41 Å². The van der Waals surface area contributed by atoms with Gasteiger partial charge in [0.25, 0.3) is 6.02 Å². The third-order valence-electron chi connectivity index (χ3n) is 3.53. The van der Waals surface area contributed by atoms with Crippen LogP contribution in [0.5, 0.6) is 0 Å². The number of fused-ring (bicyclic) bond motifs is 1. The van der Waals surface area contributed by atoms with Gasteiger partial charge in [-0.15, -0.1) is 17.0 Å². The van der Waals surface area contributed by atoms with Gasteiger partial charge in [-0.1, -0.05) is 30.3 Å². The van der Waals surface area contributed by atoms with E-state index in [0.717, 1.165) is 13.0 Å². The van der Waals surface area contributed by atoms with Crippen molar-refractivity contribution in [2.45, 2.75) is 31.4 Å². The average molecular weight is 297 g/mol. The van der Waals surface area contributed by atoms with E-state index < -0.39 is 0 Å². The van der Waals surface area contributed by atoms with E-state index >= 15 is 0 Å². The minimum absolute atomic E-state index is 0. The Hall–Kier alpha value is -1.03. The molecular formula is C13H17BrN2O. The Morgan fingerprint density at radius 1 is 1.18 bits per heavy atom. The summed E-state index contributed by atoms with van der Waals surface area (Å²) in [4.78, 5) is 2.11. The minimum Gasteiger partial charge on any atom is -0.455 e. The molecular weight excluding hydrogens is 280 g/mol. The van der Waals surface area contributed by atoms with E-state index in [2.05, 4.69) is 17.0 Å². The number of hydrogen-bond acceptors (Lipinski definition) is 2. The summed E-state index contributed by atoms with van der Waals surface area (Å²) in [6.45, 7) is 0.979. The second-order valence-electron chi connectivity index (χ2n) is 4.51. The summed E-state index contributed by atoms with van der Waals surface area (Å²) in [6, 6.07) is 11.0. The van der Waals surface area contributed by atoms with Gasteiger partial charge in [-0.05, 0) is 24.8 Å². The van der Waals surface area contributed by atoms with Gasteiger partial charge >= 0.3 is 0 Å².